The maximum atomic E-state index is 12.2. The van der Waals surface area contributed by atoms with Crippen LogP contribution in [0.4, 0.5) is 14.5 Å². The molecule has 1 rings (SSSR count). The van der Waals surface area contributed by atoms with Crippen molar-refractivity contribution in [2.45, 2.75) is 6.43 Å². The van der Waals surface area contributed by atoms with E-state index >= 15 is 0 Å². The number of amidine groups is 1. The van der Waals surface area contributed by atoms with Crippen molar-refractivity contribution in [3.63, 3.8) is 0 Å². The van der Waals surface area contributed by atoms with Crippen LogP contribution in [0, 0.1) is 5.41 Å². The zero-order chi connectivity index (χ0) is 12.3. The number of benzene rings is 1. The van der Waals surface area contributed by atoms with Gasteiger partial charge in [0.25, 0.3) is 6.43 Å². The Morgan fingerprint density at radius 3 is 2.62 bits per heavy atom. The van der Waals surface area contributed by atoms with Crippen LogP contribution in [0.2, 0.25) is 5.02 Å². The molecule has 0 atom stereocenters. The first-order valence-electron chi connectivity index (χ1n) is 4.55. The van der Waals surface area contributed by atoms with Crippen LogP contribution in [0.5, 0.6) is 0 Å². The smallest absolute Gasteiger partial charge is 0.255 e. The van der Waals surface area contributed by atoms with Crippen LogP contribution in [0.1, 0.15) is 5.56 Å². The first-order valence-corrected chi connectivity index (χ1v) is 4.93. The van der Waals surface area contributed by atoms with Crippen molar-refractivity contribution in [3.8, 4) is 0 Å². The highest BCUT2D eigenvalue weighted by molar-refractivity contribution is 6.34. The predicted octanol–water partition coefficient (Wildman–Crippen LogP) is 2.33. The van der Waals surface area contributed by atoms with Crippen LogP contribution in [0.3, 0.4) is 0 Å². The van der Waals surface area contributed by atoms with Gasteiger partial charge >= 0.3 is 0 Å². The molecule has 0 aromatic heterocycles. The third-order valence-corrected chi connectivity index (χ3v) is 2.41. The van der Waals surface area contributed by atoms with Gasteiger partial charge in [-0.15, -0.1) is 0 Å². The standard InChI is InChI=1S/C10H12ClF2N3/c1-16(5-9(12)13)6-2-3-7(10(14)15)8(11)4-6/h2-4,9H,5H2,1H3,(H3,14,15). The number of anilines is 1. The lowest BCUT2D eigenvalue weighted by Crippen LogP contribution is -2.24. The number of nitrogens with one attached hydrogen (secondary N) is 1. The summed E-state index contributed by atoms with van der Waals surface area (Å²) in [7, 11) is 1.55. The summed E-state index contributed by atoms with van der Waals surface area (Å²) in [6, 6.07) is 4.66. The van der Waals surface area contributed by atoms with Crippen molar-refractivity contribution in [1.29, 1.82) is 5.41 Å². The van der Waals surface area contributed by atoms with Crippen molar-refractivity contribution in [3.05, 3.63) is 28.8 Å². The van der Waals surface area contributed by atoms with Gasteiger partial charge in [0.15, 0.2) is 0 Å². The Bertz CT molecular complexity index is 396. The Morgan fingerprint density at radius 2 is 2.19 bits per heavy atom. The van der Waals surface area contributed by atoms with Crippen molar-refractivity contribution >= 4 is 23.1 Å². The summed E-state index contributed by atoms with van der Waals surface area (Å²) < 4.78 is 24.3. The summed E-state index contributed by atoms with van der Waals surface area (Å²) in [4.78, 5) is 1.39. The van der Waals surface area contributed by atoms with E-state index < -0.39 is 6.43 Å². The number of alkyl halides is 2. The summed E-state index contributed by atoms with van der Waals surface area (Å²) >= 11 is 5.87. The number of halogens is 3. The number of nitrogens with two attached hydrogens (primary N) is 1. The van der Waals surface area contributed by atoms with Gasteiger partial charge in [-0.1, -0.05) is 11.6 Å². The molecule has 0 unspecified atom stereocenters. The fraction of sp³-hybridized carbons (Fsp3) is 0.300. The molecule has 1 aromatic carbocycles. The van der Waals surface area contributed by atoms with Crippen LogP contribution in [0.15, 0.2) is 18.2 Å². The molecular formula is C10H12ClF2N3. The lowest BCUT2D eigenvalue weighted by molar-refractivity contribution is 0.156. The van der Waals surface area contributed by atoms with E-state index in [0.717, 1.165) is 0 Å². The monoisotopic (exact) mass is 247 g/mol. The molecule has 0 saturated carbocycles. The van der Waals surface area contributed by atoms with Gasteiger partial charge in [0, 0.05) is 18.3 Å². The van der Waals surface area contributed by atoms with E-state index in [4.69, 9.17) is 22.7 Å². The molecule has 0 spiro atoms. The average molecular weight is 248 g/mol. The molecular weight excluding hydrogens is 236 g/mol. The van der Waals surface area contributed by atoms with Gasteiger partial charge in [-0.3, -0.25) is 5.41 Å². The lowest BCUT2D eigenvalue weighted by Gasteiger charge is -2.19. The van der Waals surface area contributed by atoms with E-state index in [2.05, 4.69) is 0 Å². The van der Waals surface area contributed by atoms with E-state index in [-0.39, 0.29) is 17.4 Å². The van der Waals surface area contributed by atoms with Crippen LogP contribution in [0.25, 0.3) is 0 Å². The molecule has 0 bridgehead atoms. The molecule has 0 radical (unpaired) electrons. The predicted molar refractivity (Wildman–Crippen MR) is 61.7 cm³/mol. The second kappa shape index (κ2) is 5.12. The maximum absolute atomic E-state index is 12.2. The highest BCUT2D eigenvalue weighted by Crippen LogP contribution is 2.23. The maximum Gasteiger partial charge on any atom is 0.255 e. The Morgan fingerprint density at radius 1 is 1.56 bits per heavy atom. The van der Waals surface area contributed by atoms with Gasteiger partial charge in [-0.05, 0) is 18.2 Å². The molecule has 0 aliphatic heterocycles. The highest BCUT2D eigenvalue weighted by Gasteiger charge is 2.11. The lowest BCUT2D eigenvalue weighted by atomic mass is 10.2. The molecule has 0 aliphatic rings. The number of nitrogens with zero attached hydrogens (tertiary/aromatic N) is 1. The van der Waals surface area contributed by atoms with Crippen LogP contribution in [-0.2, 0) is 0 Å². The third kappa shape index (κ3) is 3.06. The Hall–Kier alpha value is -1.36. The molecule has 16 heavy (non-hydrogen) atoms. The van der Waals surface area contributed by atoms with Crippen molar-refractivity contribution in [2.75, 3.05) is 18.5 Å². The average Bonchev–Trinajstić information content (AvgIpc) is 2.15. The van der Waals surface area contributed by atoms with Gasteiger partial charge in [0.2, 0.25) is 0 Å². The Balaban J connectivity index is 2.92. The van der Waals surface area contributed by atoms with E-state index in [1.54, 1.807) is 19.2 Å². The van der Waals surface area contributed by atoms with Gasteiger partial charge in [0.1, 0.15) is 5.84 Å². The number of hydrogen-bond acceptors (Lipinski definition) is 2. The molecule has 0 aliphatic carbocycles. The molecule has 0 fully saturated rings. The number of rotatable bonds is 4. The summed E-state index contributed by atoms with van der Waals surface area (Å²) in [5.41, 5.74) is 6.25. The first kappa shape index (κ1) is 12.7. The van der Waals surface area contributed by atoms with E-state index in [1.807, 2.05) is 0 Å². The topological polar surface area (TPSA) is 53.1 Å². The van der Waals surface area contributed by atoms with Gasteiger partial charge in [-0.25, -0.2) is 8.78 Å². The fourth-order valence-electron chi connectivity index (χ4n) is 1.27. The first-order chi connectivity index (χ1) is 7.41. The third-order valence-electron chi connectivity index (χ3n) is 2.10. The summed E-state index contributed by atoms with van der Waals surface area (Å²) in [6.07, 6.45) is -2.41. The molecule has 0 heterocycles. The number of nitrogen functional groups attached to an aromatic ring is 1. The SMILES string of the molecule is CN(CC(F)F)c1ccc(C(=N)N)c(Cl)c1. The van der Waals surface area contributed by atoms with Gasteiger partial charge < -0.3 is 10.6 Å². The van der Waals surface area contributed by atoms with Gasteiger partial charge in [-0.2, -0.15) is 0 Å². The van der Waals surface area contributed by atoms with E-state index in [9.17, 15) is 8.78 Å². The second-order valence-electron chi connectivity index (χ2n) is 3.35. The van der Waals surface area contributed by atoms with Crippen LogP contribution < -0.4 is 10.6 Å². The normalized spacial score (nSPS) is 10.6. The zero-order valence-electron chi connectivity index (χ0n) is 8.67. The Kier molecular flexibility index (Phi) is 4.06. The summed E-state index contributed by atoms with van der Waals surface area (Å²) in [5.74, 6) is -0.145. The largest absolute Gasteiger partial charge is 0.384 e. The van der Waals surface area contributed by atoms with Crippen molar-refractivity contribution < 1.29 is 8.78 Å². The Labute approximate surface area is 97.3 Å². The fourth-order valence-corrected chi connectivity index (χ4v) is 1.55. The van der Waals surface area contributed by atoms with Crippen LogP contribution >= 0.6 is 11.6 Å². The molecule has 0 amide bonds. The summed E-state index contributed by atoms with van der Waals surface area (Å²) in [5, 5.41) is 7.51. The molecule has 6 heteroatoms. The molecule has 0 saturated heterocycles. The minimum Gasteiger partial charge on any atom is -0.384 e. The second-order valence-corrected chi connectivity index (χ2v) is 3.76. The molecule has 3 N–H and O–H groups in total. The van der Waals surface area contributed by atoms with Crippen molar-refractivity contribution in [2.24, 2.45) is 5.73 Å². The summed E-state index contributed by atoms with van der Waals surface area (Å²) in [6.45, 7) is -0.365. The highest BCUT2D eigenvalue weighted by atomic mass is 35.5. The van der Waals surface area contributed by atoms with Crippen molar-refractivity contribution in [1.82, 2.24) is 0 Å². The minimum absolute atomic E-state index is 0.145. The molecule has 3 nitrogen and oxygen atoms in total. The van der Waals surface area contributed by atoms with E-state index in [1.165, 1.54) is 11.0 Å². The zero-order valence-corrected chi connectivity index (χ0v) is 9.43. The molecule has 88 valence electrons. The number of hydrogen-bond donors (Lipinski definition) is 2. The molecule has 1 aromatic rings. The minimum atomic E-state index is -2.41. The van der Waals surface area contributed by atoms with Crippen LogP contribution in [-0.4, -0.2) is 25.9 Å². The van der Waals surface area contributed by atoms with Gasteiger partial charge in [0.05, 0.1) is 11.6 Å². The van der Waals surface area contributed by atoms with E-state index in [0.29, 0.717) is 11.3 Å². The quantitative estimate of drug-likeness (QED) is 0.634.